The molecule has 1 aromatic heterocycles. The van der Waals surface area contributed by atoms with Crippen LogP contribution < -0.4 is 10.2 Å². The highest BCUT2D eigenvalue weighted by molar-refractivity contribution is 5.69. The summed E-state index contributed by atoms with van der Waals surface area (Å²) in [5.41, 5.74) is 5.18. The van der Waals surface area contributed by atoms with E-state index in [0.717, 1.165) is 36.1 Å². The molecule has 2 heterocycles. The summed E-state index contributed by atoms with van der Waals surface area (Å²) in [4.78, 5) is 11.7. The van der Waals surface area contributed by atoms with E-state index in [1.165, 1.54) is 43.2 Å². The fraction of sp³-hybridized carbons (Fsp3) is 0.400. The fourth-order valence-corrected chi connectivity index (χ4v) is 3.76. The van der Waals surface area contributed by atoms with Gasteiger partial charge in [-0.2, -0.15) is 4.98 Å². The van der Waals surface area contributed by atoms with Gasteiger partial charge >= 0.3 is 0 Å². The Labute approximate surface area is 142 Å². The van der Waals surface area contributed by atoms with Crippen LogP contribution in [0.3, 0.4) is 0 Å². The molecule has 0 bridgehead atoms. The van der Waals surface area contributed by atoms with Crippen LogP contribution in [0.5, 0.6) is 0 Å². The van der Waals surface area contributed by atoms with Gasteiger partial charge in [0.1, 0.15) is 5.82 Å². The summed E-state index contributed by atoms with van der Waals surface area (Å²) in [6, 6.07) is 6.65. The van der Waals surface area contributed by atoms with Crippen LogP contribution in [0.4, 0.5) is 17.5 Å². The molecule has 1 N–H and O–H groups in total. The molecule has 1 fully saturated rings. The summed E-state index contributed by atoms with van der Waals surface area (Å²) in [7, 11) is 0. The van der Waals surface area contributed by atoms with E-state index in [0.29, 0.717) is 5.95 Å². The molecule has 4 heteroatoms. The smallest absolute Gasteiger partial charge is 0.229 e. The number of benzene rings is 1. The molecule has 4 nitrogen and oxygen atoms in total. The molecule has 1 saturated carbocycles. The van der Waals surface area contributed by atoms with E-state index in [-0.39, 0.29) is 0 Å². The van der Waals surface area contributed by atoms with Gasteiger partial charge in [0.05, 0.1) is 0 Å². The third kappa shape index (κ3) is 2.66. The highest BCUT2D eigenvalue weighted by Crippen LogP contribution is 2.34. The fourth-order valence-electron chi connectivity index (χ4n) is 3.76. The highest BCUT2D eigenvalue weighted by Gasteiger charge is 2.26. The first-order valence-corrected chi connectivity index (χ1v) is 9.02. The molecule has 0 amide bonds. The van der Waals surface area contributed by atoms with Crippen molar-refractivity contribution in [3.63, 3.8) is 0 Å². The molecule has 0 atom stereocenters. The zero-order chi connectivity index (χ0) is 15.9. The van der Waals surface area contributed by atoms with Crippen molar-refractivity contribution in [2.24, 2.45) is 5.92 Å². The second-order valence-corrected chi connectivity index (χ2v) is 7.19. The second-order valence-electron chi connectivity index (χ2n) is 7.19. The molecule has 0 saturated heterocycles. The first kappa shape index (κ1) is 14.0. The molecule has 24 heavy (non-hydrogen) atoms. The van der Waals surface area contributed by atoms with Crippen molar-refractivity contribution in [1.29, 1.82) is 0 Å². The minimum atomic E-state index is 0.697. The molecule has 1 aromatic carbocycles. The predicted octanol–water partition coefficient (Wildman–Crippen LogP) is 3.95. The SMILES string of the molecule is C1=Cc2cnc(Nc3ccc4c(c3)CCC4)nc2N(CC2CC2)C1. The number of aryl methyl sites for hydroxylation is 2. The van der Waals surface area contributed by atoms with E-state index in [9.17, 15) is 0 Å². The van der Waals surface area contributed by atoms with Crippen LogP contribution in [0.2, 0.25) is 0 Å². The molecule has 122 valence electrons. The van der Waals surface area contributed by atoms with Crippen LogP contribution in [0.15, 0.2) is 30.5 Å². The van der Waals surface area contributed by atoms with Gasteiger partial charge in [-0.15, -0.1) is 0 Å². The number of anilines is 3. The maximum absolute atomic E-state index is 4.82. The number of hydrogen-bond donors (Lipinski definition) is 1. The topological polar surface area (TPSA) is 41.1 Å². The molecule has 5 rings (SSSR count). The lowest BCUT2D eigenvalue weighted by atomic mass is 10.1. The van der Waals surface area contributed by atoms with E-state index in [4.69, 9.17) is 4.98 Å². The number of rotatable bonds is 4. The summed E-state index contributed by atoms with van der Waals surface area (Å²) >= 11 is 0. The van der Waals surface area contributed by atoms with E-state index in [1.54, 1.807) is 0 Å². The first-order chi connectivity index (χ1) is 11.8. The number of hydrogen-bond acceptors (Lipinski definition) is 4. The summed E-state index contributed by atoms with van der Waals surface area (Å²) in [6.07, 6.45) is 12.7. The maximum atomic E-state index is 4.82. The van der Waals surface area contributed by atoms with Gasteiger partial charge in [-0.05, 0) is 61.3 Å². The van der Waals surface area contributed by atoms with Gasteiger partial charge in [-0.3, -0.25) is 0 Å². The Morgan fingerprint density at radius 2 is 2.08 bits per heavy atom. The monoisotopic (exact) mass is 318 g/mol. The first-order valence-electron chi connectivity index (χ1n) is 9.02. The summed E-state index contributed by atoms with van der Waals surface area (Å²) < 4.78 is 0. The van der Waals surface area contributed by atoms with E-state index in [2.05, 4.69) is 45.6 Å². The molecular formula is C20H22N4. The van der Waals surface area contributed by atoms with E-state index >= 15 is 0 Å². The van der Waals surface area contributed by atoms with Gasteiger partial charge in [0.15, 0.2) is 0 Å². The highest BCUT2D eigenvalue weighted by atomic mass is 15.2. The predicted molar refractivity (Wildman–Crippen MR) is 97.8 cm³/mol. The van der Waals surface area contributed by atoms with Crippen LogP contribution in [0, 0.1) is 5.92 Å². The maximum Gasteiger partial charge on any atom is 0.229 e. The van der Waals surface area contributed by atoms with Gasteiger partial charge in [-0.1, -0.05) is 18.2 Å². The number of nitrogens with zero attached hydrogens (tertiary/aromatic N) is 3. The molecule has 3 aliphatic rings. The quantitative estimate of drug-likeness (QED) is 0.926. The number of fused-ring (bicyclic) bond motifs is 2. The Bertz CT molecular complexity index is 807. The van der Waals surface area contributed by atoms with E-state index < -0.39 is 0 Å². The average Bonchev–Trinajstić information content (AvgIpc) is 3.30. The van der Waals surface area contributed by atoms with Crippen molar-refractivity contribution in [2.75, 3.05) is 23.3 Å². The lowest BCUT2D eigenvalue weighted by molar-refractivity contribution is 0.745. The van der Waals surface area contributed by atoms with Gasteiger partial charge in [0, 0.05) is 30.5 Å². The summed E-state index contributed by atoms with van der Waals surface area (Å²) in [6.45, 7) is 2.07. The minimum absolute atomic E-state index is 0.697. The molecule has 1 aliphatic heterocycles. The Hall–Kier alpha value is -2.36. The lowest BCUT2D eigenvalue weighted by Gasteiger charge is -2.27. The van der Waals surface area contributed by atoms with Crippen molar-refractivity contribution < 1.29 is 0 Å². The van der Waals surface area contributed by atoms with Gasteiger partial charge in [0.2, 0.25) is 5.95 Å². The van der Waals surface area contributed by atoms with Crippen molar-refractivity contribution in [3.8, 4) is 0 Å². The molecule has 2 aromatic rings. The number of nitrogens with one attached hydrogen (secondary N) is 1. The molecule has 2 aliphatic carbocycles. The Balaban J connectivity index is 1.41. The molecule has 0 unspecified atom stereocenters. The average molecular weight is 318 g/mol. The van der Waals surface area contributed by atoms with Crippen LogP contribution in [0.1, 0.15) is 36.0 Å². The van der Waals surface area contributed by atoms with Crippen LogP contribution in [-0.2, 0) is 12.8 Å². The normalized spacial score (nSPS) is 18.4. The van der Waals surface area contributed by atoms with Gasteiger partial charge in [0.25, 0.3) is 0 Å². The van der Waals surface area contributed by atoms with Crippen molar-refractivity contribution in [2.45, 2.75) is 32.1 Å². The zero-order valence-electron chi connectivity index (χ0n) is 13.8. The molecule has 0 spiro atoms. The van der Waals surface area contributed by atoms with Crippen LogP contribution >= 0.6 is 0 Å². The standard InChI is InChI=1S/C20H22N4/c1-3-15-8-9-18(11-16(15)4-1)22-20-21-12-17-5-2-10-24(19(17)23-20)13-14-6-7-14/h2,5,8-9,11-12,14H,1,3-4,6-7,10,13H2,(H,21,22,23). The van der Waals surface area contributed by atoms with Crippen LogP contribution in [-0.4, -0.2) is 23.1 Å². The van der Waals surface area contributed by atoms with E-state index in [1.807, 2.05) is 6.20 Å². The third-order valence-electron chi connectivity index (χ3n) is 5.25. The minimum Gasteiger partial charge on any atom is -0.352 e. The molecular weight excluding hydrogens is 296 g/mol. The summed E-state index contributed by atoms with van der Waals surface area (Å²) in [5.74, 6) is 2.62. The third-order valence-corrected chi connectivity index (χ3v) is 5.25. The van der Waals surface area contributed by atoms with Crippen LogP contribution in [0.25, 0.3) is 6.08 Å². The second kappa shape index (κ2) is 5.62. The number of aromatic nitrogens is 2. The Morgan fingerprint density at radius 1 is 1.17 bits per heavy atom. The Kier molecular flexibility index (Phi) is 3.28. The largest absolute Gasteiger partial charge is 0.352 e. The van der Waals surface area contributed by atoms with Crippen molar-refractivity contribution in [1.82, 2.24) is 9.97 Å². The molecule has 0 radical (unpaired) electrons. The van der Waals surface area contributed by atoms with Crippen molar-refractivity contribution in [3.05, 3.63) is 47.2 Å². The Morgan fingerprint density at radius 3 is 3.00 bits per heavy atom. The summed E-state index contributed by atoms with van der Waals surface area (Å²) in [5, 5.41) is 3.40. The van der Waals surface area contributed by atoms with Crippen molar-refractivity contribution >= 4 is 23.5 Å². The lowest BCUT2D eigenvalue weighted by Crippen LogP contribution is -2.29. The zero-order valence-corrected chi connectivity index (χ0v) is 13.8. The van der Waals surface area contributed by atoms with Gasteiger partial charge < -0.3 is 10.2 Å². The van der Waals surface area contributed by atoms with Gasteiger partial charge in [-0.25, -0.2) is 4.98 Å².